The van der Waals surface area contributed by atoms with E-state index in [0.29, 0.717) is 45.2 Å². The van der Waals surface area contributed by atoms with E-state index in [0.717, 1.165) is 5.82 Å². The molecule has 0 saturated carbocycles. The summed E-state index contributed by atoms with van der Waals surface area (Å²) in [6, 6.07) is 5.24. The Balaban J connectivity index is 1.67. The number of aromatic nitrogens is 5. The number of carbonyl (C=O) groups excluding carboxylic acids is 1. The summed E-state index contributed by atoms with van der Waals surface area (Å²) < 4.78 is 1.91. The molecule has 4 aromatic rings. The average molecular weight is 451 g/mol. The highest BCUT2D eigenvalue weighted by Crippen LogP contribution is 2.25. The van der Waals surface area contributed by atoms with Gasteiger partial charge in [0.2, 0.25) is 0 Å². The minimum Gasteiger partial charge on any atom is -0.377 e. The van der Waals surface area contributed by atoms with Crippen molar-refractivity contribution in [2.24, 2.45) is 7.05 Å². The van der Waals surface area contributed by atoms with Crippen LogP contribution in [0.25, 0.3) is 11.2 Å². The normalized spacial score (nSPS) is 11.2. The van der Waals surface area contributed by atoms with Crippen molar-refractivity contribution in [1.29, 1.82) is 5.41 Å². The number of H-pyrrole nitrogens is 1. The van der Waals surface area contributed by atoms with Crippen molar-refractivity contribution in [2.45, 2.75) is 26.4 Å². The Morgan fingerprint density at radius 1 is 1.28 bits per heavy atom. The molecule has 0 aliphatic carbocycles. The van der Waals surface area contributed by atoms with Crippen LogP contribution in [-0.2, 0) is 13.6 Å². The lowest BCUT2D eigenvalue weighted by Gasteiger charge is -2.13. The number of hydrogen-bond donors (Lipinski definition) is 4. The number of imidazole rings is 1. The summed E-state index contributed by atoms with van der Waals surface area (Å²) in [6.45, 7) is 4.24. The second-order valence-electron chi connectivity index (χ2n) is 7.66. The van der Waals surface area contributed by atoms with Gasteiger partial charge in [-0.1, -0.05) is 11.6 Å². The minimum absolute atomic E-state index is 0.0108. The van der Waals surface area contributed by atoms with Crippen LogP contribution < -0.4 is 10.6 Å². The van der Waals surface area contributed by atoms with Gasteiger partial charge in [-0.05, 0) is 32.0 Å². The molecule has 32 heavy (non-hydrogen) atoms. The molecule has 10 heteroatoms. The van der Waals surface area contributed by atoms with Gasteiger partial charge in [-0.25, -0.2) is 15.0 Å². The summed E-state index contributed by atoms with van der Waals surface area (Å²) in [5, 5.41) is 15.5. The number of benzene rings is 1. The Morgan fingerprint density at radius 3 is 2.81 bits per heavy atom. The topological polar surface area (TPSA) is 124 Å². The molecule has 1 amide bonds. The van der Waals surface area contributed by atoms with Crippen molar-refractivity contribution in [3.05, 3.63) is 70.7 Å². The van der Waals surface area contributed by atoms with E-state index >= 15 is 0 Å². The van der Waals surface area contributed by atoms with Crippen molar-refractivity contribution < 1.29 is 4.79 Å². The second-order valence-corrected chi connectivity index (χ2v) is 8.09. The van der Waals surface area contributed by atoms with Crippen LogP contribution in [0.1, 0.15) is 41.3 Å². The Morgan fingerprint density at radius 2 is 2.09 bits per heavy atom. The molecule has 0 radical (unpaired) electrons. The van der Waals surface area contributed by atoms with E-state index in [1.807, 2.05) is 31.7 Å². The predicted octanol–water partition coefficient (Wildman–Crippen LogP) is 3.51. The summed E-state index contributed by atoms with van der Waals surface area (Å²) in [6.07, 6.45) is 6.69. The van der Waals surface area contributed by atoms with Gasteiger partial charge in [0.25, 0.3) is 5.91 Å². The van der Waals surface area contributed by atoms with Gasteiger partial charge < -0.3 is 20.2 Å². The van der Waals surface area contributed by atoms with E-state index in [1.54, 1.807) is 30.6 Å². The lowest BCUT2D eigenvalue weighted by molar-refractivity contribution is 0.0944. The summed E-state index contributed by atoms with van der Waals surface area (Å²) >= 11 is 6.21. The highest BCUT2D eigenvalue weighted by Gasteiger charge is 2.18. The maximum atomic E-state index is 12.5. The molecule has 0 atom stereocenters. The molecular weight excluding hydrogens is 428 g/mol. The SMILES string of the molecule is CC(C)NC(=O)c1c[nH]c2ncc(C(=N)c3ccc(Cl)cc3NCc3nccn3C)nc12. The Bertz CT molecular complexity index is 1310. The first-order chi connectivity index (χ1) is 15.3. The molecule has 0 spiro atoms. The van der Waals surface area contributed by atoms with Crippen molar-refractivity contribution in [2.75, 3.05) is 5.32 Å². The summed E-state index contributed by atoms with van der Waals surface area (Å²) in [7, 11) is 1.92. The maximum absolute atomic E-state index is 12.5. The zero-order chi connectivity index (χ0) is 22.8. The molecule has 0 bridgehead atoms. The smallest absolute Gasteiger partial charge is 0.255 e. The third kappa shape index (κ3) is 4.33. The predicted molar refractivity (Wildman–Crippen MR) is 124 cm³/mol. The first kappa shape index (κ1) is 21.5. The van der Waals surface area contributed by atoms with E-state index in [1.165, 1.54) is 6.20 Å². The highest BCUT2D eigenvalue weighted by molar-refractivity contribution is 6.31. The van der Waals surface area contributed by atoms with Crippen LogP contribution in [0.4, 0.5) is 5.69 Å². The number of carbonyl (C=O) groups is 1. The summed E-state index contributed by atoms with van der Waals surface area (Å²) in [5.41, 5.74) is 3.09. The maximum Gasteiger partial charge on any atom is 0.255 e. The van der Waals surface area contributed by atoms with Gasteiger partial charge >= 0.3 is 0 Å². The number of amides is 1. The first-order valence-corrected chi connectivity index (χ1v) is 10.4. The molecular formula is C22H23ClN8O. The number of nitrogens with zero attached hydrogens (tertiary/aromatic N) is 4. The number of rotatable bonds is 7. The summed E-state index contributed by atoms with van der Waals surface area (Å²) in [4.78, 5) is 28.7. The van der Waals surface area contributed by atoms with Crippen LogP contribution in [0.3, 0.4) is 0 Å². The van der Waals surface area contributed by atoms with Crippen molar-refractivity contribution >= 4 is 40.1 Å². The Kier molecular flexibility index (Phi) is 5.91. The Labute approximate surface area is 189 Å². The number of fused-ring (bicyclic) bond motifs is 1. The molecule has 4 N–H and O–H groups in total. The number of hydrogen-bond acceptors (Lipinski definition) is 6. The molecule has 1 aromatic carbocycles. The molecule has 164 valence electrons. The van der Waals surface area contributed by atoms with E-state index in [-0.39, 0.29) is 17.7 Å². The average Bonchev–Trinajstić information content (AvgIpc) is 3.36. The van der Waals surface area contributed by atoms with E-state index in [4.69, 9.17) is 17.0 Å². The quantitative estimate of drug-likeness (QED) is 0.321. The van der Waals surface area contributed by atoms with Gasteiger partial charge in [0.05, 0.1) is 24.0 Å². The molecule has 0 saturated heterocycles. The van der Waals surface area contributed by atoms with Crippen LogP contribution in [0.15, 0.2) is 43.0 Å². The van der Waals surface area contributed by atoms with Gasteiger partial charge in [0, 0.05) is 48.0 Å². The van der Waals surface area contributed by atoms with Crippen molar-refractivity contribution in [1.82, 2.24) is 29.8 Å². The van der Waals surface area contributed by atoms with Crippen molar-refractivity contribution in [3.63, 3.8) is 0 Å². The highest BCUT2D eigenvalue weighted by atomic mass is 35.5. The van der Waals surface area contributed by atoms with Gasteiger partial charge in [0.15, 0.2) is 5.65 Å². The zero-order valence-electron chi connectivity index (χ0n) is 17.9. The largest absolute Gasteiger partial charge is 0.377 e. The second kappa shape index (κ2) is 8.80. The van der Waals surface area contributed by atoms with Crippen LogP contribution >= 0.6 is 11.6 Å². The fourth-order valence-electron chi connectivity index (χ4n) is 3.28. The fourth-order valence-corrected chi connectivity index (χ4v) is 3.46. The molecule has 9 nitrogen and oxygen atoms in total. The van der Waals surface area contributed by atoms with Crippen LogP contribution in [0, 0.1) is 5.41 Å². The van der Waals surface area contributed by atoms with Crippen LogP contribution in [-0.4, -0.2) is 42.2 Å². The fraction of sp³-hybridized carbons (Fsp3) is 0.227. The van der Waals surface area contributed by atoms with E-state index in [9.17, 15) is 4.79 Å². The van der Waals surface area contributed by atoms with Gasteiger partial charge in [-0.15, -0.1) is 0 Å². The van der Waals surface area contributed by atoms with Crippen molar-refractivity contribution in [3.8, 4) is 0 Å². The van der Waals surface area contributed by atoms with E-state index in [2.05, 4.69) is 30.6 Å². The molecule has 0 unspecified atom stereocenters. The number of halogens is 1. The molecule has 0 aliphatic heterocycles. The third-order valence-electron chi connectivity index (χ3n) is 4.91. The van der Waals surface area contributed by atoms with E-state index < -0.39 is 0 Å². The number of aromatic amines is 1. The van der Waals surface area contributed by atoms with Gasteiger partial charge in [-0.2, -0.15) is 0 Å². The third-order valence-corrected chi connectivity index (χ3v) is 5.15. The number of nitrogens with one attached hydrogen (secondary N) is 4. The Hall–Kier alpha value is -3.72. The summed E-state index contributed by atoms with van der Waals surface area (Å²) in [5.74, 6) is 0.602. The lowest BCUT2D eigenvalue weighted by Crippen LogP contribution is -2.30. The molecule has 3 aromatic heterocycles. The van der Waals surface area contributed by atoms with Gasteiger partial charge in [-0.3, -0.25) is 10.2 Å². The molecule has 0 fully saturated rings. The molecule has 0 aliphatic rings. The number of aryl methyl sites for hydroxylation is 1. The molecule has 3 heterocycles. The standard InChI is InChI=1S/C22H23ClN8O/c1-12(2)29-22(32)15-9-27-21-20(15)30-17(10-28-21)19(24)14-5-4-13(23)8-16(14)26-11-18-25-6-7-31(18)3/h4-10,12,24,26H,11H2,1-3H3,(H,27,28)(H,29,32). The monoisotopic (exact) mass is 450 g/mol. The minimum atomic E-state index is -0.242. The molecule has 4 rings (SSSR count). The lowest BCUT2D eigenvalue weighted by atomic mass is 10.0. The zero-order valence-corrected chi connectivity index (χ0v) is 18.7. The van der Waals surface area contributed by atoms with Crippen LogP contribution in [0.5, 0.6) is 0 Å². The first-order valence-electron chi connectivity index (χ1n) is 10.1. The van der Waals surface area contributed by atoms with Crippen LogP contribution in [0.2, 0.25) is 5.02 Å². The number of anilines is 1. The van der Waals surface area contributed by atoms with Gasteiger partial charge in [0.1, 0.15) is 17.0 Å².